The Balaban J connectivity index is 1.40. The average molecular weight is 490 g/mol. The fourth-order valence-corrected chi connectivity index (χ4v) is 4.20. The molecule has 0 aliphatic carbocycles. The number of rotatable bonds is 5. The van der Waals surface area contributed by atoms with Gasteiger partial charge in [-0.3, -0.25) is 19.6 Å². The predicted octanol–water partition coefficient (Wildman–Crippen LogP) is 6.03. The van der Waals surface area contributed by atoms with Crippen molar-refractivity contribution in [3.8, 4) is 28.5 Å². The van der Waals surface area contributed by atoms with Crippen LogP contribution >= 0.6 is 0 Å². The Morgan fingerprint density at radius 1 is 1.00 bits per heavy atom. The Morgan fingerprint density at radius 2 is 1.86 bits per heavy atom. The molecule has 6 aromatic heterocycles. The molecule has 0 saturated heterocycles. The summed E-state index contributed by atoms with van der Waals surface area (Å²) in [6, 6.07) is 8.11. The second kappa shape index (κ2) is 8.41. The van der Waals surface area contributed by atoms with Crippen molar-refractivity contribution in [2.24, 2.45) is 5.41 Å². The zero-order valence-electron chi connectivity index (χ0n) is 21.2. The van der Waals surface area contributed by atoms with Crippen LogP contribution in [0.25, 0.3) is 50.3 Å². The van der Waals surface area contributed by atoms with Crippen LogP contribution in [0.5, 0.6) is 0 Å². The third-order valence-electron chi connectivity index (χ3n) is 6.42. The van der Waals surface area contributed by atoms with Crippen LogP contribution in [0.1, 0.15) is 26.5 Å². The number of nitrogens with one attached hydrogen (secondary N) is 3. The van der Waals surface area contributed by atoms with Crippen molar-refractivity contribution >= 4 is 27.5 Å². The summed E-state index contributed by atoms with van der Waals surface area (Å²) < 4.78 is 1.93. The molecule has 0 aliphatic heterocycles. The lowest BCUT2D eigenvalue weighted by atomic mass is 9.93. The molecule has 0 saturated carbocycles. The van der Waals surface area contributed by atoms with Crippen LogP contribution in [0.3, 0.4) is 0 Å². The van der Waals surface area contributed by atoms with Crippen molar-refractivity contribution in [1.29, 1.82) is 0 Å². The SMILES string of the molecule is C=C(Nc1cncc(-c2cc3c(-c4cc5c(-n6cnc(C)c6)nccc5[nH]4)n[nH]c3cn2)c1)C(C)(C)C. The highest BCUT2D eigenvalue weighted by molar-refractivity contribution is 5.98. The van der Waals surface area contributed by atoms with E-state index in [4.69, 9.17) is 0 Å². The lowest BCUT2D eigenvalue weighted by Crippen LogP contribution is -2.15. The maximum absolute atomic E-state index is 4.66. The Kier molecular flexibility index (Phi) is 5.15. The summed E-state index contributed by atoms with van der Waals surface area (Å²) in [6.07, 6.45) is 10.9. The van der Waals surface area contributed by atoms with Crippen molar-refractivity contribution in [1.82, 2.24) is 39.7 Å². The van der Waals surface area contributed by atoms with Gasteiger partial charge in [0, 0.05) is 46.0 Å². The fourth-order valence-electron chi connectivity index (χ4n) is 4.20. The first-order valence-electron chi connectivity index (χ1n) is 12.0. The molecule has 0 unspecified atom stereocenters. The van der Waals surface area contributed by atoms with Gasteiger partial charge in [0.25, 0.3) is 0 Å². The number of aromatic amines is 2. The Hall–Kier alpha value is -4.79. The molecule has 0 spiro atoms. The van der Waals surface area contributed by atoms with E-state index in [9.17, 15) is 0 Å². The van der Waals surface area contributed by atoms with Gasteiger partial charge in [0.1, 0.15) is 17.8 Å². The monoisotopic (exact) mass is 489 g/mol. The standard InChI is InChI=1S/C28H27N9/c1-16-14-37(15-32-16)27-21-10-24(34-22(21)6-7-30-27)26-20-9-23(31-13-25(20)35-36-26)18-8-19(12-29-11-18)33-17(2)28(3,4)5/h6-15,33-34H,2H2,1,3-5H3,(H,35,36). The first-order valence-corrected chi connectivity index (χ1v) is 12.0. The van der Waals surface area contributed by atoms with Gasteiger partial charge in [-0.2, -0.15) is 5.10 Å². The number of fused-ring (bicyclic) bond motifs is 2. The van der Waals surface area contributed by atoms with Gasteiger partial charge >= 0.3 is 0 Å². The molecule has 3 N–H and O–H groups in total. The number of hydrogen-bond acceptors (Lipinski definition) is 6. The van der Waals surface area contributed by atoms with Crippen LogP contribution in [-0.4, -0.2) is 39.7 Å². The Bertz CT molecular complexity index is 1780. The van der Waals surface area contributed by atoms with Crippen LogP contribution in [0.4, 0.5) is 5.69 Å². The summed E-state index contributed by atoms with van der Waals surface area (Å²) in [4.78, 5) is 21.5. The molecule has 0 amide bonds. The van der Waals surface area contributed by atoms with E-state index in [-0.39, 0.29) is 5.41 Å². The minimum Gasteiger partial charge on any atom is -0.358 e. The summed E-state index contributed by atoms with van der Waals surface area (Å²) >= 11 is 0. The lowest BCUT2D eigenvalue weighted by molar-refractivity contribution is 0.509. The van der Waals surface area contributed by atoms with Gasteiger partial charge in [-0.25, -0.2) is 9.97 Å². The number of hydrogen-bond donors (Lipinski definition) is 3. The zero-order valence-corrected chi connectivity index (χ0v) is 21.2. The van der Waals surface area contributed by atoms with Gasteiger partial charge < -0.3 is 10.3 Å². The smallest absolute Gasteiger partial charge is 0.147 e. The molecular formula is C28H27N9. The largest absolute Gasteiger partial charge is 0.358 e. The van der Waals surface area contributed by atoms with E-state index >= 15 is 0 Å². The summed E-state index contributed by atoms with van der Waals surface area (Å²) in [7, 11) is 0. The number of imidazole rings is 1. The topological polar surface area (TPSA) is 113 Å². The van der Waals surface area contributed by atoms with Gasteiger partial charge in [-0.15, -0.1) is 0 Å². The second-order valence-electron chi connectivity index (χ2n) is 10.2. The molecule has 0 radical (unpaired) electrons. The minimum absolute atomic E-state index is 0.0650. The number of aromatic nitrogens is 8. The van der Waals surface area contributed by atoms with Gasteiger partial charge in [-0.05, 0) is 31.2 Å². The van der Waals surface area contributed by atoms with Crippen LogP contribution in [0.2, 0.25) is 0 Å². The molecule has 9 heteroatoms. The van der Waals surface area contributed by atoms with Gasteiger partial charge in [0.05, 0.1) is 46.2 Å². The Morgan fingerprint density at radius 3 is 2.65 bits per heavy atom. The quantitative estimate of drug-likeness (QED) is 0.273. The van der Waals surface area contributed by atoms with Crippen molar-refractivity contribution in [3.63, 3.8) is 0 Å². The summed E-state index contributed by atoms with van der Waals surface area (Å²) in [6.45, 7) is 12.5. The second-order valence-corrected chi connectivity index (χ2v) is 10.2. The molecule has 6 rings (SSSR count). The van der Waals surface area contributed by atoms with Crippen LogP contribution in [0, 0.1) is 12.3 Å². The van der Waals surface area contributed by atoms with E-state index in [1.165, 1.54) is 0 Å². The number of nitrogens with zero attached hydrogens (tertiary/aromatic N) is 6. The number of pyridine rings is 3. The number of anilines is 1. The normalized spacial score (nSPS) is 11.9. The van der Waals surface area contributed by atoms with Crippen molar-refractivity contribution in [2.75, 3.05) is 5.32 Å². The third-order valence-corrected chi connectivity index (χ3v) is 6.42. The van der Waals surface area contributed by atoms with E-state index in [2.05, 4.69) is 73.9 Å². The average Bonchev–Trinajstić information content (AvgIpc) is 3.60. The van der Waals surface area contributed by atoms with Crippen molar-refractivity contribution in [2.45, 2.75) is 27.7 Å². The lowest BCUT2D eigenvalue weighted by Gasteiger charge is -2.23. The third kappa shape index (κ3) is 4.14. The number of aryl methyl sites for hydroxylation is 1. The molecular weight excluding hydrogens is 462 g/mol. The first kappa shape index (κ1) is 22.7. The zero-order chi connectivity index (χ0) is 25.7. The number of H-pyrrole nitrogens is 2. The summed E-state index contributed by atoms with van der Waals surface area (Å²) in [5.41, 5.74) is 7.89. The first-order chi connectivity index (χ1) is 17.8. The highest BCUT2D eigenvalue weighted by Crippen LogP contribution is 2.33. The van der Waals surface area contributed by atoms with E-state index in [1.54, 1.807) is 24.9 Å². The molecule has 9 nitrogen and oxygen atoms in total. The van der Waals surface area contributed by atoms with Crippen molar-refractivity contribution in [3.05, 3.63) is 79.5 Å². The highest BCUT2D eigenvalue weighted by atomic mass is 15.1. The Labute approximate surface area is 213 Å². The van der Waals surface area contributed by atoms with Gasteiger partial charge in [-0.1, -0.05) is 27.4 Å². The van der Waals surface area contributed by atoms with Crippen LogP contribution in [-0.2, 0) is 0 Å². The molecule has 0 fully saturated rings. The van der Waals surface area contributed by atoms with E-state index in [1.807, 2.05) is 42.1 Å². The highest BCUT2D eigenvalue weighted by Gasteiger charge is 2.17. The molecule has 6 aromatic rings. The van der Waals surface area contributed by atoms with Crippen LogP contribution < -0.4 is 5.32 Å². The molecule has 37 heavy (non-hydrogen) atoms. The van der Waals surface area contributed by atoms with Crippen LogP contribution in [0.15, 0.2) is 73.9 Å². The molecule has 6 heterocycles. The molecule has 0 aliphatic rings. The molecule has 0 atom stereocenters. The minimum atomic E-state index is -0.0650. The summed E-state index contributed by atoms with van der Waals surface area (Å²) in [5, 5.41) is 13.0. The summed E-state index contributed by atoms with van der Waals surface area (Å²) in [5.74, 6) is 0.815. The van der Waals surface area contributed by atoms with Gasteiger partial charge in [0.15, 0.2) is 0 Å². The fraction of sp³-hybridized carbons (Fsp3) is 0.179. The van der Waals surface area contributed by atoms with Gasteiger partial charge in [0.2, 0.25) is 0 Å². The van der Waals surface area contributed by atoms with E-state index in [0.717, 1.165) is 67.3 Å². The van der Waals surface area contributed by atoms with Crippen molar-refractivity contribution < 1.29 is 0 Å². The van der Waals surface area contributed by atoms with E-state index in [0.29, 0.717) is 0 Å². The predicted molar refractivity (Wildman–Crippen MR) is 146 cm³/mol. The maximum atomic E-state index is 4.66. The molecule has 184 valence electrons. The maximum Gasteiger partial charge on any atom is 0.147 e. The molecule has 0 aromatic carbocycles. The van der Waals surface area contributed by atoms with E-state index < -0.39 is 0 Å². The molecule has 0 bridgehead atoms. The number of allylic oxidation sites excluding steroid dienone is 1.